The highest BCUT2D eigenvalue weighted by molar-refractivity contribution is 5.79. The number of hydrogen-bond acceptors (Lipinski definition) is 2. The van der Waals surface area contributed by atoms with Gasteiger partial charge < -0.3 is 10.6 Å². The van der Waals surface area contributed by atoms with E-state index in [4.69, 9.17) is 5.73 Å². The van der Waals surface area contributed by atoms with Crippen molar-refractivity contribution in [1.82, 2.24) is 4.90 Å². The number of nitrogens with two attached hydrogens (primary N) is 1. The monoisotopic (exact) mass is 294 g/mol. The Hall–Kier alpha value is -2.29. The predicted molar refractivity (Wildman–Crippen MR) is 89.4 cm³/mol. The van der Waals surface area contributed by atoms with E-state index in [2.05, 4.69) is 31.2 Å². The summed E-state index contributed by atoms with van der Waals surface area (Å²) in [7, 11) is 0. The van der Waals surface area contributed by atoms with Gasteiger partial charge in [0, 0.05) is 12.2 Å². The van der Waals surface area contributed by atoms with E-state index < -0.39 is 0 Å². The second-order valence-electron chi connectivity index (χ2n) is 5.88. The van der Waals surface area contributed by atoms with Crippen molar-refractivity contribution in [2.75, 3.05) is 12.3 Å². The molecule has 0 fully saturated rings. The Morgan fingerprint density at radius 2 is 1.91 bits per heavy atom. The van der Waals surface area contributed by atoms with Gasteiger partial charge in [-0.25, -0.2) is 0 Å². The first-order chi connectivity index (χ1) is 10.7. The van der Waals surface area contributed by atoms with E-state index >= 15 is 0 Å². The van der Waals surface area contributed by atoms with Crippen LogP contribution in [0.1, 0.15) is 36.1 Å². The topological polar surface area (TPSA) is 46.3 Å². The van der Waals surface area contributed by atoms with E-state index in [0.29, 0.717) is 6.42 Å². The van der Waals surface area contributed by atoms with Gasteiger partial charge in [-0.3, -0.25) is 4.79 Å². The van der Waals surface area contributed by atoms with E-state index in [1.54, 1.807) is 0 Å². The van der Waals surface area contributed by atoms with Crippen LogP contribution >= 0.6 is 0 Å². The molecule has 0 aliphatic carbocycles. The molecule has 0 radical (unpaired) electrons. The first-order valence-electron chi connectivity index (χ1n) is 7.90. The lowest BCUT2D eigenvalue weighted by atomic mass is 9.90. The minimum Gasteiger partial charge on any atom is -0.399 e. The van der Waals surface area contributed by atoms with Crippen molar-refractivity contribution in [3.05, 3.63) is 65.2 Å². The number of nitrogens with zero attached hydrogens (tertiary/aromatic N) is 1. The first kappa shape index (κ1) is 14.6. The molecule has 2 N–H and O–H groups in total. The summed E-state index contributed by atoms with van der Waals surface area (Å²) in [6.45, 7) is 2.96. The van der Waals surface area contributed by atoms with Crippen LogP contribution in [0.15, 0.2) is 48.5 Å². The molecule has 0 spiro atoms. The van der Waals surface area contributed by atoms with Gasteiger partial charge in [-0.05, 0) is 41.7 Å². The second kappa shape index (κ2) is 6.22. The molecule has 0 saturated heterocycles. The van der Waals surface area contributed by atoms with Crippen molar-refractivity contribution in [3.63, 3.8) is 0 Å². The Bertz CT molecular complexity index is 663. The number of fused-ring (bicyclic) bond motifs is 1. The van der Waals surface area contributed by atoms with E-state index in [0.717, 1.165) is 30.6 Å². The summed E-state index contributed by atoms with van der Waals surface area (Å²) in [5, 5.41) is 0. The summed E-state index contributed by atoms with van der Waals surface area (Å²) in [5.74, 6) is 0.200. The number of hydrogen-bond donors (Lipinski definition) is 1. The standard InChI is InChI=1S/C19H22N2O/c1-2-18-17-6-4-3-5-15(17)11-12-21(18)19(22)13-14-7-9-16(20)10-8-14/h3-10,18H,2,11-13,20H2,1H3/t18-/m1/s1. The van der Waals surface area contributed by atoms with Crippen LogP contribution < -0.4 is 5.73 Å². The highest BCUT2D eigenvalue weighted by Crippen LogP contribution is 2.32. The SMILES string of the molecule is CC[C@@H]1c2ccccc2CCN1C(=O)Cc1ccc(N)cc1. The van der Waals surface area contributed by atoms with Crippen LogP contribution in [0.25, 0.3) is 0 Å². The third-order valence-electron chi connectivity index (χ3n) is 4.45. The van der Waals surface area contributed by atoms with Crippen molar-refractivity contribution in [3.8, 4) is 0 Å². The summed E-state index contributed by atoms with van der Waals surface area (Å²) >= 11 is 0. The molecule has 0 bridgehead atoms. The van der Waals surface area contributed by atoms with Gasteiger partial charge in [0.05, 0.1) is 12.5 Å². The van der Waals surface area contributed by atoms with Crippen molar-refractivity contribution >= 4 is 11.6 Å². The quantitative estimate of drug-likeness (QED) is 0.882. The molecule has 0 saturated carbocycles. The van der Waals surface area contributed by atoms with Crippen LogP contribution in [0.3, 0.4) is 0 Å². The molecule has 3 heteroatoms. The first-order valence-corrected chi connectivity index (χ1v) is 7.90. The number of carbonyl (C=O) groups is 1. The highest BCUT2D eigenvalue weighted by atomic mass is 16.2. The van der Waals surface area contributed by atoms with Crippen LogP contribution in [0.2, 0.25) is 0 Å². The van der Waals surface area contributed by atoms with Gasteiger partial charge in [0.2, 0.25) is 5.91 Å². The molecule has 1 amide bonds. The van der Waals surface area contributed by atoms with E-state index in [1.807, 2.05) is 29.2 Å². The van der Waals surface area contributed by atoms with Gasteiger partial charge in [-0.1, -0.05) is 43.3 Å². The summed E-state index contributed by atoms with van der Waals surface area (Å²) in [6, 6.07) is 16.3. The number of rotatable bonds is 3. The molecule has 1 atom stereocenters. The molecule has 1 aliphatic heterocycles. The number of nitrogen functional groups attached to an aromatic ring is 1. The van der Waals surface area contributed by atoms with Gasteiger partial charge >= 0.3 is 0 Å². The van der Waals surface area contributed by atoms with Gasteiger partial charge in [0.15, 0.2) is 0 Å². The maximum Gasteiger partial charge on any atom is 0.227 e. The van der Waals surface area contributed by atoms with Crippen LogP contribution in [0.5, 0.6) is 0 Å². The van der Waals surface area contributed by atoms with Gasteiger partial charge in [0.25, 0.3) is 0 Å². The minimum absolute atomic E-state index is 0.200. The molecule has 0 unspecified atom stereocenters. The predicted octanol–water partition coefficient (Wildman–Crippen LogP) is 3.35. The molecular weight excluding hydrogens is 272 g/mol. The average molecular weight is 294 g/mol. The Balaban J connectivity index is 1.79. The molecule has 2 aromatic carbocycles. The Morgan fingerprint density at radius 1 is 1.18 bits per heavy atom. The van der Waals surface area contributed by atoms with E-state index in [-0.39, 0.29) is 11.9 Å². The van der Waals surface area contributed by atoms with Crippen molar-refractivity contribution in [2.24, 2.45) is 0 Å². The molecule has 2 aromatic rings. The fourth-order valence-corrected chi connectivity index (χ4v) is 3.30. The van der Waals surface area contributed by atoms with Crippen molar-refractivity contribution in [2.45, 2.75) is 32.2 Å². The zero-order valence-corrected chi connectivity index (χ0v) is 13.0. The Morgan fingerprint density at radius 3 is 2.64 bits per heavy atom. The summed E-state index contributed by atoms with van der Waals surface area (Å²) in [6.07, 6.45) is 2.34. The lowest BCUT2D eigenvalue weighted by Crippen LogP contribution is -2.40. The molecule has 0 aromatic heterocycles. The number of amides is 1. The third-order valence-corrected chi connectivity index (χ3v) is 4.45. The van der Waals surface area contributed by atoms with Crippen LogP contribution in [0.4, 0.5) is 5.69 Å². The molecule has 22 heavy (non-hydrogen) atoms. The Labute approximate surface area is 131 Å². The maximum absolute atomic E-state index is 12.7. The lowest BCUT2D eigenvalue weighted by Gasteiger charge is -2.37. The molecular formula is C19H22N2O. The molecule has 3 rings (SSSR count). The lowest BCUT2D eigenvalue weighted by molar-refractivity contribution is -0.133. The zero-order valence-electron chi connectivity index (χ0n) is 13.0. The smallest absolute Gasteiger partial charge is 0.227 e. The minimum atomic E-state index is 0.200. The molecule has 114 valence electrons. The maximum atomic E-state index is 12.7. The molecule has 1 heterocycles. The average Bonchev–Trinajstić information content (AvgIpc) is 2.55. The van der Waals surface area contributed by atoms with E-state index in [9.17, 15) is 4.79 Å². The van der Waals surface area contributed by atoms with E-state index in [1.165, 1.54) is 11.1 Å². The highest BCUT2D eigenvalue weighted by Gasteiger charge is 2.28. The van der Waals surface area contributed by atoms with Crippen LogP contribution in [-0.2, 0) is 17.6 Å². The summed E-state index contributed by atoms with van der Waals surface area (Å²) < 4.78 is 0. The fourth-order valence-electron chi connectivity index (χ4n) is 3.30. The van der Waals surface area contributed by atoms with Crippen molar-refractivity contribution in [1.29, 1.82) is 0 Å². The summed E-state index contributed by atoms with van der Waals surface area (Å²) in [5.41, 5.74) is 10.1. The fraction of sp³-hybridized carbons (Fsp3) is 0.316. The largest absolute Gasteiger partial charge is 0.399 e. The van der Waals surface area contributed by atoms with Crippen LogP contribution in [0, 0.1) is 0 Å². The number of carbonyl (C=O) groups excluding carboxylic acids is 1. The normalized spacial score (nSPS) is 17.1. The number of benzene rings is 2. The summed E-state index contributed by atoms with van der Waals surface area (Å²) in [4.78, 5) is 14.8. The van der Waals surface area contributed by atoms with Crippen molar-refractivity contribution < 1.29 is 4.79 Å². The molecule has 1 aliphatic rings. The molecule has 3 nitrogen and oxygen atoms in total. The third kappa shape index (κ3) is 2.84. The zero-order chi connectivity index (χ0) is 15.5. The Kier molecular flexibility index (Phi) is 4.14. The second-order valence-corrected chi connectivity index (χ2v) is 5.88. The van der Waals surface area contributed by atoms with Gasteiger partial charge in [-0.2, -0.15) is 0 Å². The van der Waals surface area contributed by atoms with Gasteiger partial charge in [0.1, 0.15) is 0 Å². The van der Waals surface area contributed by atoms with Gasteiger partial charge in [-0.15, -0.1) is 0 Å². The van der Waals surface area contributed by atoms with Crippen LogP contribution in [-0.4, -0.2) is 17.4 Å². The number of anilines is 1.